The molecule has 9 heteroatoms. The molecule has 1 atom stereocenters. The lowest BCUT2D eigenvalue weighted by molar-refractivity contribution is -0.139. The molecule has 0 radical (unpaired) electrons. The van der Waals surface area contributed by atoms with Crippen LogP contribution < -0.4 is 5.32 Å². The second-order valence-electron chi connectivity index (χ2n) is 7.40. The fraction of sp³-hybridized carbons (Fsp3) is 0.474. The third kappa shape index (κ3) is 3.94. The van der Waals surface area contributed by atoms with Crippen molar-refractivity contribution in [2.45, 2.75) is 38.1 Å². The van der Waals surface area contributed by atoms with Crippen LogP contribution in [0.15, 0.2) is 24.5 Å². The van der Waals surface area contributed by atoms with E-state index < -0.39 is 12.7 Å². The van der Waals surface area contributed by atoms with Crippen LogP contribution in [0.4, 0.5) is 13.2 Å². The quantitative estimate of drug-likeness (QED) is 0.659. The maximum Gasteiger partial charge on any atom is 0.406 e. The van der Waals surface area contributed by atoms with E-state index in [9.17, 15) is 13.2 Å². The van der Waals surface area contributed by atoms with Crippen LogP contribution in [0.25, 0.3) is 21.9 Å². The Morgan fingerprint density at radius 1 is 1.29 bits per heavy atom. The van der Waals surface area contributed by atoms with E-state index in [4.69, 9.17) is 11.6 Å². The monoisotopic (exact) mass is 411 g/mol. The van der Waals surface area contributed by atoms with E-state index in [0.717, 1.165) is 36.1 Å². The summed E-state index contributed by atoms with van der Waals surface area (Å²) < 4.78 is 40.5. The van der Waals surface area contributed by atoms with Crippen LogP contribution >= 0.6 is 11.6 Å². The average molecular weight is 412 g/mol. The smallest absolute Gasteiger partial charge is 0.327 e. The minimum absolute atomic E-state index is 0.0235. The molecule has 0 saturated carbocycles. The summed E-state index contributed by atoms with van der Waals surface area (Å²) in [5.41, 5.74) is 2.12. The van der Waals surface area contributed by atoms with Gasteiger partial charge in [0.2, 0.25) is 0 Å². The van der Waals surface area contributed by atoms with Crippen LogP contribution in [-0.4, -0.2) is 51.8 Å². The molecule has 0 amide bonds. The Kier molecular flexibility index (Phi) is 5.20. The summed E-state index contributed by atoms with van der Waals surface area (Å²) in [6, 6.07) is 5.88. The van der Waals surface area contributed by atoms with Gasteiger partial charge in [-0.3, -0.25) is 0 Å². The van der Waals surface area contributed by atoms with Crippen LogP contribution in [0.3, 0.4) is 0 Å². The fourth-order valence-corrected chi connectivity index (χ4v) is 4.21. The van der Waals surface area contributed by atoms with Crippen molar-refractivity contribution in [3.05, 3.63) is 35.2 Å². The van der Waals surface area contributed by atoms with Crippen molar-refractivity contribution in [3.63, 3.8) is 0 Å². The maximum absolute atomic E-state index is 13.1. The highest BCUT2D eigenvalue weighted by atomic mass is 35.5. The molecule has 3 aromatic rings. The predicted molar refractivity (Wildman–Crippen MR) is 103 cm³/mol. The summed E-state index contributed by atoms with van der Waals surface area (Å²) in [5.74, 6) is 0. The van der Waals surface area contributed by atoms with Crippen molar-refractivity contribution in [2.75, 3.05) is 20.1 Å². The summed E-state index contributed by atoms with van der Waals surface area (Å²) in [6.45, 7) is 1.63. The summed E-state index contributed by atoms with van der Waals surface area (Å²) in [7, 11) is 2.11. The molecule has 0 aliphatic carbocycles. The first-order valence-electron chi connectivity index (χ1n) is 9.22. The van der Waals surface area contributed by atoms with Crippen molar-refractivity contribution >= 4 is 33.5 Å². The molecule has 3 heterocycles. The molecule has 28 heavy (non-hydrogen) atoms. The Labute approximate surface area is 165 Å². The first-order chi connectivity index (χ1) is 13.3. The SMILES string of the molecule is CN1CCCC(NCc2ccc3c(c2)c2ncnc(Cl)c2n3CC(F)(F)F)C1. The molecule has 2 aromatic heterocycles. The summed E-state index contributed by atoms with van der Waals surface area (Å²) in [4.78, 5) is 10.4. The zero-order chi connectivity index (χ0) is 19.9. The molecule has 1 unspecified atom stereocenters. The molecule has 1 aromatic carbocycles. The van der Waals surface area contributed by atoms with Crippen molar-refractivity contribution < 1.29 is 13.2 Å². The average Bonchev–Trinajstić information content (AvgIpc) is 2.93. The van der Waals surface area contributed by atoms with Crippen molar-refractivity contribution in [1.29, 1.82) is 0 Å². The molecule has 5 nitrogen and oxygen atoms in total. The molecule has 1 aliphatic rings. The Morgan fingerprint density at radius 3 is 2.86 bits per heavy atom. The Bertz CT molecular complexity index is 1000. The van der Waals surface area contributed by atoms with Gasteiger partial charge in [0.1, 0.15) is 23.9 Å². The van der Waals surface area contributed by atoms with Crippen LogP contribution in [0.1, 0.15) is 18.4 Å². The molecule has 0 bridgehead atoms. The molecule has 1 aliphatic heterocycles. The Morgan fingerprint density at radius 2 is 2.11 bits per heavy atom. The van der Waals surface area contributed by atoms with Crippen LogP contribution in [-0.2, 0) is 13.1 Å². The maximum atomic E-state index is 13.1. The molecule has 1 saturated heterocycles. The predicted octanol–water partition coefficient (Wildman–Crippen LogP) is 3.98. The standard InChI is InChI=1S/C19H21ClF3N5/c1-27-6-2-3-13(9-27)24-8-12-4-5-15-14(7-12)16-17(18(20)26-11-25-16)28(15)10-19(21,22)23/h4-5,7,11,13,24H,2-3,6,8-10H2,1H3. The second kappa shape index (κ2) is 7.50. The number of hydrogen-bond acceptors (Lipinski definition) is 4. The van der Waals surface area contributed by atoms with Gasteiger partial charge < -0.3 is 14.8 Å². The Hall–Kier alpha value is -1.90. The number of rotatable bonds is 4. The van der Waals surface area contributed by atoms with E-state index in [-0.39, 0.29) is 10.7 Å². The van der Waals surface area contributed by atoms with Crippen molar-refractivity contribution in [3.8, 4) is 0 Å². The summed E-state index contributed by atoms with van der Waals surface area (Å²) in [6.07, 6.45) is -0.802. The number of fused-ring (bicyclic) bond motifs is 3. The van der Waals surface area contributed by atoms with Crippen LogP contribution in [0, 0.1) is 0 Å². The molecule has 1 fully saturated rings. The number of alkyl halides is 3. The number of nitrogens with one attached hydrogen (secondary N) is 1. The molecule has 4 rings (SSSR count). The molecular weight excluding hydrogens is 391 g/mol. The third-order valence-electron chi connectivity index (χ3n) is 5.21. The number of benzene rings is 1. The number of nitrogens with zero attached hydrogens (tertiary/aromatic N) is 4. The third-order valence-corrected chi connectivity index (χ3v) is 5.49. The topological polar surface area (TPSA) is 46.0 Å². The number of aromatic nitrogens is 3. The summed E-state index contributed by atoms with van der Waals surface area (Å²) >= 11 is 6.12. The van der Waals surface area contributed by atoms with Gasteiger partial charge in [-0.15, -0.1) is 0 Å². The minimum Gasteiger partial charge on any atom is -0.327 e. The van der Waals surface area contributed by atoms with Gasteiger partial charge in [0.05, 0.1) is 5.52 Å². The zero-order valence-electron chi connectivity index (χ0n) is 15.4. The van der Waals surface area contributed by atoms with Crippen molar-refractivity contribution in [2.24, 2.45) is 0 Å². The van der Waals surface area contributed by atoms with E-state index in [1.54, 1.807) is 6.07 Å². The molecule has 1 N–H and O–H groups in total. The molecular formula is C19H21ClF3N5. The van der Waals surface area contributed by atoms with Gasteiger partial charge >= 0.3 is 6.18 Å². The van der Waals surface area contributed by atoms with Crippen LogP contribution in [0.2, 0.25) is 5.15 Å². The van der Waals surface area contributed by atoms with E-state index in [1.165, 1.54) is 6.33 Å². The van der Waals surface area contributed by atoms with Gasteiger partial charge in [-0.1, -0.05) is 17.7 Å². The highest BCUT2D eigenvalue weighted by Crippen LogP contribution is 2.34. The fourth-order valence-electron chi connectivity index (χ4n) is 3.97. The van der Waals surface area contributed by atoms with Crippen LogP contribution in [0.5, 0.6) is 0 Å². The first kappa shape index (κ1) is 19.4. The lowest BCUT2D eigenvalue weighted by atomic mass is 10.1. The molecule has 150 valence electrons. The van der Waals surface area contributed by atoms with Gasteiger partial charge in [0, 0.05) is 24.5 Å². The largest absolute Gasteiger partial charge is 0.406 e. The van der Waals surface area contributed by atoms with Gasteiger partial charge in [-0.25, -0.2) is 9.97 Å². The van der Waals surface area contributed by atoms with Gasteiger partial charge in [0.25, 0.3) is 0 Å². The van der Waals surface area contributed by atoms with E-state index in [1.807, 2.05) is 12.1 Å². The van der Waals surface area contributed by atoms with Crippen molar-refractivity contribution in [1.82, 2.24) is 24.8 Å². The van der Waals surface area contributed by atoms with Gasteiger partial charge in [0.15, 0.2) is 5.15 Å². The minimum atomic E-state index is -4.37. The number of halogens is 4. The van der Waals surface area contributed by atoms with E-state index >= 15 is 0 Å². The second-order valence-corrected chi connectivity index (χ2v) is 7.75. The zero-order valence-corrected chi connectivity index (χ0v) is 16.2. The number of piperidine rings is 1. The number of likely N-dealkylation sites (N-methyl/N-ethyl adjacent to an activating group) is 1. The lowest BCUT2D eigenvalue weighted by Crippen LogP contribution is -2.43. The normalized spacial score (nSPS) is 19.0. The van der Waals surface area contributed by atoms with E-state index in [2.05, 4.69) is 27.2 Å². The van der Waals surface area contributed by atoms with E-state index in [0.29, 0.717) is 29.0 Å². The first-order valence-corrected chi connectivity index (χ1v) is 9.59. The molecule has 0 spiro atoms. The number of likely N-dealkylation sites (tertiary alicyclic amines) is 1. The Balaban J connectivity index is 1.69. The highest BCUT2D eigenvalue weighted by Gasteiger charge is 2.30. The van der Waals surface area contributed by atoms with Gasteiger partial charge in [-0.05, 0) is 44.1 Å². The van der Waals surface area contributed by atoms with Gasteiger partial charge in [-0.2, -0.15) is 13.2 Å². The lowest BCUT2D eigenvalue weighted by Gasteiger charge is -2.30. The highest BCUT2D eigenvalue weighted by molar-refractivity contribution is 6.34. The number of hydrogen-bond donors (Lipinski definition) is 1. The summed E-state index contributed by atoms with van der Waals surface area (Å²) in [5, 5.41) is 4.23.